The molecule has 1 fully saturated rings. The van der Waals surface area contributed by atoms with Crippen molar-refractivity contribution in [3.8, 4) is 5.75 Å². The van der Waals surface area contributed by atoms with Gasteiger partial charge in [-0.25, -0.2) is 8.78 Å². The molecule has 1 heterocycles. The van der Waals surface area contributed by atoms with Crippen LogP contribution in [0.3, 0.4) is 0 Å². The molecule has 33 heavy (non-hydrogen) atoms. The molecule has 0 bridgehead atoms. The molecule has 1 aliphatic heterocycles. The largest absolute Gasteiger partial charge is 0.493 e. The lowest BCUT2D eigenvalue weighted by molar-refractivity contribution is -0.124. The SMILES string of the molecule is C=CC1CN(Cc2ccc([C@H](C)NC(=O)CO)cc2)Cc2ccc(OCC3CC3(F)F)cc21. The van der Waals surface area contributed by atoms with E-state index in [2.05, 4.69) is 28.9 Å². The molecule has 2 aromatic carbocycles. The van der Waals surface area contributed by atoms with Gasteiger partial charge in [-0.2, -0.15) is 0 Å². The predicted molar refractivity (Wildman–Crippen MR) is 122 cm³/mol. The van der Waals surface area contributed by atoms with Gasteiger partial charge < -0.3 is 15.2 Å². The maximum absolute atomic E-state index is 13.1. The first-order valence-electron chi connectivity index (χ1n) is 11.3. The molecule has 2 N–H and O–H groups in total. The summed E-state index contributed by atoms with van der Waals surface area (Å²) in [7, 11) is 0. The van der Waals surface area contributed by atoms with Crippen LogP contribution in [0.4, 0.5) is 8.78 Å². The summed E-state index contributed by atoms with van der Waals surface area (Å²) in [5, 5.41) is 11.6. The molecular formula is C26H30F2N2O3. The van der Waals surface area contributed by atoms with Crippen molar-refractivity contribution in [1.82, 2.24) is 10.2 Å². The molecule has 1 aliphatic carbocycles. The molecule has 1 amide bonds. The third-order valence-corrected chi connectivity index (χ3v) is 6.46. The summed E-state index contributed by atoms with van der Waals surface area (Å²) in [5.74, 6) is -2.86. The van der Waals surface area contributed by atoms with Crippen molar-refractivity contribution in [2.45, 2.75) is 44.3 Å². The van der Waals surface area contributed by atoms with E-state index >= 15 is 0 Å². The Kier molecular flexibility index (Phi) is 6.81. The summed E-state index contributed by atoms with van der Waals surface area (Å²) in [6.07, 6.45) is 1.85. The van der Waals surface area contributed by atoms with Crippen LogP contribution >= 0.6 is 0 Å². The number of ether oxygens (including phenoxy) is 1. The zero-order valence-electron chi connectivity index (χ0n) is 18.8. The van der Waals surface area contributed by atoms with E-state index in [9.17, 15) is 13.6 Å². The number of benzene rings is 2. The Morgan fingerprint density at radius 2 is 2.06 bits per heavy atom. The average Bonchev–Trinajstić information content (AvgIpc) is 3.43. The van der Waals surface area contributed by atoms with Crippen molar-refractivity contribution in [2.75, 3.05) is 19.8 Å². The van der Waals surface area contributed by atoms with Gasteiger partial charge in [-0.05, 0) is 41.3 Å². The number of rotatable bonds is 9. The first-order valence-corrected chi connectivity index (χ1v) is 11.3. The fourth-order valence-corrected chi connectivity index (χ4v) is 4.34. The van der Waals surface area contributed by atoms with E-state index in [1.807, 2.05) is 43.3 Å². The summed E-state index contributed by atoms with van der Waals surface area (Å²) in [5.41, 5.74) is 4.47. The van der Waals surface area contributed by atoms with Crippen molar-refractivity contribution < 1.29 is 23.4 Å². The smallest absolute Gasteiger partial charge is 0.255 e. The van der Waals surface area contributed by atoms with Gasteiger partial charge in [0.25, 0.3) is 5.92 Å². The van der Waals surface area contributed by atoms with E-state index in [0.29, 0.717) is 5.75 Å². The highest BCUT2D eigenvalue weighted by atomic mass is 19.3. The first kappa shape index (κ1) is 23.4. The van der Waals surface area contributed by atoms with E-state index in [-0.39, 0.29) is 25.0 Å². The van der Waals surface area contributed by atoms with Crippen molar-refractivity contribution in [2.24, 2.45) is 5.92 Å². The lowest BCUT2D eigenvalue weighted by Gasteiger charge is -2.33. The fraction of sp³-hybridized carbons (Fsp3) is 0.423. The van der Waals surface area contributed by atoms with Crippen LogP contribution in [0.1, 0.15) is 47.6 Å². The highest BCUT2D eigenvalue weighted by Crippen LogP contribution is 2.48. The Morgan fingerprint density at radius 3 is 2.70 bits per heavy atom. The second-order valence-electron chi connectivity index (χ2n) is 9.03. The minimum Gasteiger partial charge on any atom is -0.493 e. The number of fused-ring (bicyclic) bond motifs is 1. The number of aliphatic hydroxyl groups is 1. The molecule has 2 aromatic rings. The number of nitrogens with one attached hydrogen (secondary N) is 1. The molecular weight excluding hydrogens is 426 g/mol. The molecule has 5 nitrogen and oxygen atoms in total. The van der Waals surface area contributed by atoms with Crippen LogP contribution in [0.15, 0.2) is 55.1 Å². The molecule has 0 spiro atoms. The molecule has 2 aliphatic rings. The van der Waals surface area contributed by atoms with E-state index in [0.717, 1.165) is 36.3 Å². The number of carbonyl (C=O) groups excluding carboxylic acids is 1. The zero-order valence-corrected chi connectivity index (χ0v) is 18.8. The van der Waals surface area contributed by atoms with Crippen LogP contribution in [-0.4, -0.2) is 41.6 Å². The van der Waals surface area contributed by atoms with E-state index in [1.165, 1.54) is 5.56 Å². The molecule has 3 atom stereocenters. The number of halogens is 2. The van der Waals surface area contributed by atoms with Crippen LogP contribution < -0.4 is 10.1 Å². The number of hydrogen-bond donors (Lipinski definition) is 2. The number of hydrogen-bond acceptors (Lipinski definition) is 4. The lowest BCUT2D eigenvalue weighted by atomic mass is 9.89. The van der Waals surface area contributed by atoms with Gasteiger partial charge in [0.2, 0.25) is 5.91 Å². The lowest BCUT2D eigenvalue weighted by Crippen LogP contribution is -2.32. The number of amides is 1. The maximum Gasteiger partial charge on any atom is 0.255 e. The third-order valence-electron chi connectivity index (χ3n) is 6.46. The Labute approximate surface area is 193 Å². The van der Waals surface area contributed by atoms with Crippen molar-refractivity contribution in [1.29, 1.82) is 0 Å². The van der Waals surface area contributed by atoms with E-state index in [4.69, 9.17) is 9.84 Å². The molecule has 2 unspecified atom stereocenters. The van der Waals surface area contributed by atoms with Crippen LogP contribution in [0.2, 0.25) is 0 Å². The molecule has 176 valence electrons. The van der Waals surface area contributed by atoms with Crippen molar-refractivity contribution in [3.05, 3.63) is 77.4 Å². The Bertz CT molecular complexity index is 1010. The minimum atomic E-state index is -2.57. The number of alkyl halides is 2. The standard InChI is InChI=1S/C26H30F2N2O3/c1-3-19-13-30(12-18-4-6-20(7-5-18)17(2)29-25(32)15-31)14-21-8-9-23(10-24(19)21)33-16-22-11-26(22,27)28/h3-10,17,19,22,31H,1,11-16H2,2H3,(H,29,32)/t17-,19?,22?/m0/s1. The minimum absolute atomic E-state index is 0.0506. The Hall–Kier alpha value is -2.77. The summed E-state index contributed by atoms with van der Waals surface area (Å²) in [4.78, 5) is 13.7. The second kappa shape index (κ2) is 9.61. The zero-order chi connectivity index (χ0) is 23.6. The van der Waals surface area contributed by atoms with E-state index in [1.54, 1.807) is 0 Å². The van der Waals surface area contributed by atoms with Gasteiger partial charge in [-0.3, -0.25) is 9.69 Å². The van der Waals surface area contributed by atoms with Crippen LogP contribution in [0.5, 0.6) is 5.75 Å². The normalized spacial score (nSPS) is 22.2. The molecule has 4 rings (SSSR count). The third kappa shape index (κ3) is 5.60. The molecule has 0 radical (unpaired) electrons. The number of nitrogens with zero attached hydrogens (tertiary/aromatic N) is 1. The number of aliphatic hydroxyl groups excluding tert-OH is 1. The van der Waals surface area contributed by atoms with Gasteiger partial charge >= 0.3 is 0 Å². The summed E-state index contributed by atoms with van der Waals surface area (Å²) in [6, 6.07) is 13.8. The highest BCUT2D eigenvalue weighted by molar-refractivity contribution is 5.77. The summed E-state index contributed by atoms with van der Waals surface area (Å²) >= 11 is 0. The van der Waals surface area contributed by atoms with Crippen molar-refractivity contribution >= 4 is 5.91 Å². The molecule has 7 heteroatoms. The van der Waals surface area contributed by atoms with Crippen molar-refractivity contribution in [3.63, 3.8) is 0 Å². The van der Waals surface area contributed by atoms with Crippen LogP contribution in [-0.2, 0) is 17.9 Å². The molecule has 1 saturated carbocycles. The highest BCUT2D eigenvalue weighted by Gasteiger charge is 2.57. The summed E-state index contributed by atoms with van der Waals surface area (Å²) < 4.78 is 31.9. The molecule has 0 aromatic heterocycles. The summed E-state index contributed by atoms with van der Waals surface area (Å²) in [6.45, 7) is 7.78. The second-order valence-corrected chi connectivity index (χ2v) is 9.03. The maximum atomic E-state index is 13.1. The van der Waals surface area contributed by atoms with E-state index < -0.39 is 24.4 Å². The van der Waals surface area contributed by atoms with Gasteiger partial charge in [0.15, 0.2) is 0 Å². The topological polar surface area (TPSA) is 61.8 Å². The number of carbonyl (C=O) groups is 1. The first-order chi connectivity index (χ1) is 15.8. The van der Waals surface area contributed by atoms with Gasteiger partial charge in [0.1, 0.15) is 12.4 Å². The molecule has 0 saturated heterocycles. The fourth-order valence-electron chi connectivity index (χ4n) is 4.34. The Morgan fingerprint density at radius 1 is 1.33 bits per heavy atom. The monoisotopic (exact) mass is 456 g/mol. The van der Waals surface area contributed by atoms with Gasteiger partial charge in [0, 0.05) is 32.0 Å². The van der Waals surface area contributed by atoms with Gasteiger partial charge in [-0.15, -0.1) is 6.58 Å². The van der Waals surface area contributed by atoms with Crippen LogP contribution in [0.25, 0.3) is 0 Å². The van der Waals surface area contributed by atoms with Gasteiger partial charge in [-0.1, -0.05) is 36.4 Å². The average molecular weight is 457 g/mol. The Balaban J connectivity index is 1.38. The predicted octanol–water partition coefficient (Wildman–Crippen LogP) is 4.18. The quantitative estimate of drug-likeness (QED) is 0.556. The van der Waals surface area contributed by atoms with Gasteiger partial charge in [0.05, 0.1) is 18.6 Å². The van der Waals surface area contributed by atoms with Crippen LogP contribution in [0, 0.1) is 5.92 Å².